The maximum atomic E-state index is 13.4. The van der Waals surface area contributed by atoms with Crippen LogP contribution in [-0.2, 0) is 13.6 Å². The van der Waals surface area contributed by atoms with Gasteiger partial charge in [0.05, 0.1) is 24.9 Å². The largest absolute Gasteiger partial charge is 0.494 e. The van der Waals surface area contributed by atoms with Gasteiger partial charge in [0.15, 0.2) is 5.82 Å². The van der Waals surface area contributed by atoms with Crippen LogP contribution in [0.4, 0.5) is 4.39 Å². The monoisotopic (exact) mass is 450 g/mol. The number of hydrogen-bond donors (Lipinski definition) is 1. The Hall–Kier alpha value is -3.46. The minimum Gasteiger partial charge on any atom is -0.494 e. The SMILES string of the molecule is COc1cc(C(=O)N2CCC[C@@H](N)C2)cc2nc(-c3cc4cccnc4n3CCF)n(C)c12. The van der Waals surface area contributed by atoms with E-state index in [9.17, 15) is 9.18 Å². The summed E-state index contributed by atoms with van der Waals surface area (Å²) in [6, 6.07) is 9.32. The third kappa shape index (κ3) is 3.62. The lowest BCUT2D eigenvalue weighted by atomic mass is 10.0. The summed E-state index contributed by atoms with van der Waals surface area (Å²) in [5, 5.41) is 0.914. The number of amides is 1. The molecule has 1 fully saturated rings. The van der Waals surface area contributed by atoms with Gasteiger partial charge in [0, 0.05) is 43.3 Å². The molecule has 1 aromatic carbocycles. The molecule has 0 aliphatic carbocycles. The lowest BCUT2D eigenvalue weighted by Crippen LogP contribution is -2.45. The van der Waals surface area contributed by atoms with Crippen molar-refractivity contribution in [2.24, 2.45) is 12.8 Å². The molecule has 0 saturated carbocycles. The number of aryl methyl sites for hydroxylation is 2. The third-order valence-electron chi connectivity index (χ3n) is 6.34. The number of aromatic nitrogens is 4. The molecule has 5 rings (SSSR count). The number of nitrogens with zero attached hydrogens (tertiary/aromatic N) is 5. The fourth-order valence-corrected chi connectivity index (χ4v) is 4.78. The number of imidazole rings is 1. The second-order valence-corrected chi connectivity index (χ2v) is 8.48. The molecule has 8 nitrogen and oxygen atoms in total. The summed E-state index contributed by atoms with van der Waals surface area (Å²) in [6.45, 7) is 0.895. The van der Waals surface area contributed by atoms with Crippen molar-refractivity contribution in [2.75, 3.05) is 26.9 Å². The first-order chi connectivity index (χ1) is 16.0. The number of methoxy groups -OCH3 is 1. The molecule has 4 heterocycles. The molecule has 9 heteroatoms. The number of nitrogens with two attached hydrogens (primary N) is 1. The number of carbonyl (C=O) groups is 1. The summed E-state index contributed by atoms with van der Waals surface area (Å²) >= 11 is 0. The van der Waals surface area contributed by atoms with Gasteiger partial charge in [-0.2, -0.15) is 0 Å². The highest BCUT2D eigenvalue weighted by molar-refractivity contribution is 6.00. The average Bonchev–Trinajstić information content (AvgIpc) is 3.36. The van der Waals surface area contributed by atoms with E-state index < -0.39 is 6.67 Å². The molecule has 33 heavy (non-hydrogen) atoms. The van der Waals surface area contributed by atoms with Gasteiger partial charge in [-0.05, 0) is 43.2 Å². The van der Waals surface area contributed by atoms with Crippen molar-refractivity contribution in [3.8, 4) is 17.3 Å². The Balaban J connectivity index is 1.64. The Kier molecular flexibility index (Phi) is 5.49. The van der Waals surface area contributed by atoms with Crippen molar-refractivity contribution in [1.82, 2.24) is 24.0 Å². The standard InChI is InChI=1S/C24H27FN6O2/c1-29-21-18(11-16(13-20(21)33-2)24(32)30-9-4-6-17(26)14-30)28-23(29)19-12-15-5-3-8-27-22(15)31(19)10-7-25/h3,5,8,11-13,17H,4,6-7,9-10,14,26H2,1-2H3/t17-/m1/s1. The molecule has 172 valence electrons. The zero-order chi connectivity index (χ0) is 23.1. The van der Waals surface area contributed by atoms with Crippen LogP contribution in [0.2, 0.25) is 0 Å². The molecule has 4 aromatic rings. The van der Waals surface area contributed by atoms with E-state index in [1.54, 1.807) is 30.3 Å². The smallest absolute Gasteiger partial charge is 0.254 e. The van der Waals surface area contributed by atoms with Gasteiger partial charge >= 0.3 is 0 Å². The van der Waals surface area contributed by atoms with E-state index in [0.717, 1.165) is 29.4 Å². The average molecular weight is 451 g/mol. The van der Waals surface area contributed by atoms with Crippen molar-refractivity contribution in [3.05, 3.63) is 42.1 Å². The predicted molar refractivity (Wildman–Crippen MR) is 125 cm³/mol. The van der Waals surface area contributed by atoms with Gasteiger partial charge in [-0.15, -0.1) is 0 Å². The summed E-state index contributed by atoms with van der Waals surface area (Å²) in [6.07, 6.45) is 3.52. The van der Waals surface area contributed by atoms with Gasteiger partial charge in [-0.25, -0.2) is 14.4 Å². The molecule has 1 atom stereocenters. The first-order valence-corrected chi connectivity index (χ1v) is 11.1. The Morgan fingerprint density at radius 2 is 2.18 bits per heavy atom. The van der Waals surface area contributed by atoms with E-state index in [0.29, 0.717) is 41.4 Å². The van der Waals surface area contributed by atoms with Gasteiger partial charge < -0.3 is 24.5 Å². The number of hydrogen-bond acceptors (Lipinski definition) is 5. The van der Waals surface area contributed by atoms with Crippen LogP contribution in [0.25, 0.3) is 33.6 Å². The van der Waals surface area contributed by atoms with E-state index in [4.69, 9.17) is 15.5 Å². The van der Waals surface area contributed by atoms with Crippen LogP contribution in [0.3, 0.4) is 0 Å². The summed E-state index contributed by atoms with van der Waals surface area (Å²) < 4.78 is 22.8. The summed E-state index contributed by atoms with van der Waals surface area (Å²) in [7, 11) is 3.47. The van der Waals surface area contributed by atoms with Gasteiger partial charge in [0.1, 0.15) is 23.6 Å². The lowest BCUT2D eigenvalue weighted by Gasteiger charge is -2.30. The highest BCUT2D eigenvalue weighted by Crippen LogP contribution is 2.34. The number of pyridine rings is 1. The van der Waals surface area contributed by atoms with Crippen LogP contribution in [0.15, 0.2) is 36.5 Å². The maximum Gasteiger partial charge on any atom is 0.254 e. The van der Waals surface area contributed by atoms with Gasteiger partial charge in [0.2, 0.25) is 0 Å². The molecular weight excluding hydrogens is 423 g/mol. The van der Waals surface area contributed by atoms with Crippen LogP contribution in [0.1, 0.15) is 23.2 Å². The first kappa shape index (κ1) is 21.4. The van der Waals surface area contributed by atoms with E-state index in [1.165, 1.54) is 0 Å². The molecule has 1 aliphatic rings. The second-order valence-electron chi connectivity index (χ2n) is 8.48. The molecule has 0 unspecified atom stereocenters. The number of halogens is 1. The van der Waals surface area contributed by atoms with Gasteiger partial charge in [0.25, 0.3) is 5.91 Å². The Bertz CT molecular complexity index is 1340. The molecule has 3 aromatic heterocycles. The number of likely N-dealkylation sites (tertiary alicyclic amines) is 1. The van der Waals surface area contributed by atoms with Gasteiger partial charge in [-0.1, -0.05) is 0 Å². The van der Waals surface area contributed by atoms with Crippen molar-refractivity contribution in [3.63, 3.8) is 0 Å². The van der Waals surface area contributed by atoms with Crippen LogP contribution < -0.4 is 10.5 Å². The molecule has 1 amide bonds. The topological polar surface area (TPSA) is 91.2 Å². The number of ether oxygens (including phenoxy) is 1. The van der Waals surface area contributed by atoms with E-state index in [-0.39, 0.29) is 18.5 Å². The van der Waals surface area contributed by atoms with Crippen LogP contribution in [-0.4, -0.2) is 62.8 Å². The van der Waals surface area contributed by atoms with E-state index in [2.05, 4.69) is 4.98 Å². The van der Waals surface area contributed by atoms with Crippen LogP contribution in [0.5, 0.6) is 5.75 Å². The predicted octanol–water partition coefficient (Wildman–Crippen LogP) is 3.13. The second kappa shape index (κ2) is 8.47. The summed E-state index contributed by atoms with van der Waals surface area (Å²) in [5.74, 6) is 1.14. The number of rotatable bonds is 5. The number of carbonyl (C=O) groups excluding carboxylic acids is 1. The normalized spacial score (nSPS) is 16.6. The quantitative estimate of drug-likeness (QED) is 0.504. The molecule has 0 spiro atoms. The molecule has 1 saturated heterocycles. The number of alkyl halides is 1. The highest BCUT2D eigenvalue weighted by Gasteiger charge is 2.25. The van der Waals surface area contributed by atoms with Gasteiger partial charge in [-0.3, -0.25) is 4.79 Å². The Labute approximate surface area is 190 Å². The lowest BCUT2D eigenvalue weighted by molar-refractivity contribution is 0.0708. The van der Waals surface area contributed by atoms with Crippen molar-refractivity contribution in [1.29, 1.82) is 0 Å². The van der Waals surface area contributed by atoms with Crippen molar-refractivity contribution >= 4 is 28.0 Å². The van der Waals surface area contributed by atoms with Crippen LogP contribution in [0, 0.1) is 0 Å². The van der Waals surface area contributed by atoms with E-state index >= 15 is 0 Å². The Morgan fingerprint density at radius 3 is 2.94 bits per heavy atom. The Morgan fingerprint density at radius 1 is 1.33 bits per heavy atom. The molecule has 1 aliphatic heterocycles. The molecule has 0 bridgehead atoms. The number of piperidine rings is 1. The van der Waals surface area contributed by atoms with E-state index in [1.807, 2.05) is 34.4 Å². The highest BCUT2D eigenvalue weighted by atomic mass is 19.1. The van der Waals surface area contributed by atoms with Crippen molar-refractivity contribution < 1.29 is 13.9 Å². The number of fused-ring (bicyclic) bond motifs is 2. The minimum absolute atomic E-state index is 0.000752. The maximum absolute atomic E-state index is 13.4. The number of benzene rings is 1. The zero-order valence-corrected chi connectivity index (χ0v) is 18.8. The fourth-order valence-electron chi connectivity index (χ4n) is 4.78. The summed E-state index contributed by atoms with van der Waals surface area (Å²) in [5.41, 5.74) is 9.47. The fraction of sp³-hybridized carbons (Fsp3) is 0.375. The van der Waals surface area contributed by atoms with Crippen molar-refractivity contribution in [2.45, 2.75) is 25.4 Å². The summed E-state index contributed by atoms with van der Waals surface area (Å²) in [4.78, 5) is 24.3. The zero-order valence-electron chi connectivity index (χ0n) is 18.8. The van der Waals surface area contributed by atoms with Crippen LogP contribution >= 0.6 is 0 Å². The molecule has 2 N–H and O–H groups in total. The molecule has 0 radical (unpaired) electrons. The first-order valence-electron chi connectivity index (χ1n) is 11.1. The molecular formula is C24H27FN6O2. The third-order valence-corrected chi connectivity index (χ3v) is 6.34. The minimum atomic E-state index is -0.517.